The van der Waals surface area contributed by atoms with E-state index < -0.39 is 5.97 Å². The van der Waals surface area contributed by atoms with E-state index in [0.29, 0.717) is 5.56 Å². The van der Waals surface area contributed by atoms with Gasteiger partial charge in [-0.1, -0.05) is 30.3 Å². The van der Waals surface area contributed by atoms with Gasteiger partial charge in [0.15, 0.2) is 12.4 Å². The highest BCUT2D eigenvalue weighted by molar-refractivity contribution is 5.97. The fourth-order valence-corrected chi connectivity index (χ4v) is 1.66. The highest BCUT2D eigenvalue weighted by Gasteiger charge is 2.16. The minimum atomic E-state index is -0.552. The van der Waals surface area contributed by atoms with E-state index in [0.717, 1.165) is 0 Å². The molecule has 5 nitrogen and oxygen atoms in total. The summed E-state index contributed by atoms with van der Waals surface area (Å²) >= 11 is 0. The van der Waals surface area contributed by atoms with Gasteiger partial charge in [-0.25, -0.2) is 0 Å². The lowest BCUT2D eigenvalue weighted by atomic mass is 10.1. The van der Waals surface area contributed by atoms with E-state index in [2.05, 4.69) is 5.32 Å². The van der Waals surface area contributed by atoms with Crippen molar-refractivity contribution in [3.63, 3.8) is 0 Å². The Labute approximate surface area is 124 Å². The van der Waals surface area contributed by atoms with Gasteiger partial charge in [0, 0.05) is 17.5 Å². The molecule has 0 aliphatic heterocycles. The quantitative estimate of drug-likeness (QED) is 0.643. The highest BCUT2D eigenvalue weighted by atomic mass is 16.5. The van der Waals surface area contributed by atoms with Crippen LogP contribution < -0.4 is 5.32 Å². The predicted octanol–water partition coefficient (Wildman–Crippen LogP) is 2.11. The molecule has 0 fully saturated rings. The van der Waals surface area contributed by atoms with Crippen molar-refractivity contribution in [1.82, 2.24) is 5.32 Å². The van der Waals surface area contributed by atoms with E-state index in [1.807, 2.05) is 26.8 Å². The first kappa shape index (κ1) is 16.9. The van der Waals surface area contributed by atoms with Gasteiger partial charge < -0.3 is 10.1 Å². The summed E-state index contributed by atoms with van der Waals surface area (Å²) in [5.41, 5.74) is 0.197. The maximum absolute atomic E-state index is 11.8. The number of amides is 1. The normalized spacial score (nSPS) is 10.8. The first-order chi connectivity index (χ1) is 9.78. The van der Waals surface area contributed by atoms with Gasteiger partial charge in [0.1, 0.15) is 0 Å². The van der Waals surface area contributed by atoms with Crippen LogP contribution in [0.3, 0.4) is 0 Å². The van der Waals surface area contributed by atoms with Gasteiger partial charge >= 0.3 is 5.97 Å². The smallest absolute Gasteiger partial charge is 0.306 e. The maximum Gasteiger partial charge on any atom is 0.306 e. The number of Topliss-reactive ketones (excluding diaryl/α,β-unsaturated/α-hetero) is 1. The Morgan fingerprint density at radius 1 is 1.05 bits per heavy atom. The number of carbonyl (C=O) groups is 3. The van der Waals surface area contributed by atoms with Crippen LogP contribution in [0.15, 0.2) is 30.3 Å². The molecule has 1 aromatic carbocycles. The molecule has 1 amide bonds. The van der Waals surface area contributed by atoms with Crippen LogP contribution in [-0.4, -0.2) is 29.8 Å². The molecule has 0 bridgehead atoms. The van der Waals surface area contributed by atoms with Crippen LogP contribution in [0, 0.1) is 0 Å². The summed E-state index contributed by atoms with van der Waals surface area (Å²) in [6.45, 7) is 5.19. The predicted molar refractivity (Wildman–Crippen MR) is 78.9 cm³/mol. The molecule has 0 heterocycles. The average molecular weight is 291 g/mol. The fourth-order valence-electron chi connectivity index (χ4n) is 1.66. The molecular weight excluding hydrogens is 270 g/mol. The molecule has 1 aromatic rings. The van der Waals surface area contributed by atoms with Crippen molar-refractivity contribution in [3.05, 3.63) is 35.9 Å². The van der Waals surface area contributed by atoms with Crippen molar-refractivity contribution in [3.8, 4) is 0 Å². The number of rotatable bonds is 6. The largest absolute Gasteiger partial charge is 0.456 e. The van der Waals surface area contributed by atoms with Crippen molar-refractivity contribution in [1.29, 1.82) is 0 Å². The maximum atomic E-state index is 11.8. The first-order valence-electron chi connectivity index (χ1n) is 6.83. The number of carbonyl (C=O) groups excluding carboxylic acids is 3. The lowest BCUT2D eigenvalue weighted by molar-refractivity contribution is -0.148. The van der Waals surface area contributed by atoms with Crippen LogP contribution in [0.4, 0.5) is 0 Å². The van der Waals surface area contributed by atoms with Crippen molar-refractivity contribution in [2.45, 2.75) is 39.2 Å². The van der Waals surface area contributed by atoms with E-state index in [1.54, 1.807) is 24.3 Å². The van der Waals surface area contributed by atoms with Crippen LogP contribution in [0.1, 0.15) is 44.0 Å². The van der Waals surface area contributed by atoms with Crippen LogP contribution in [0.2, 0.25) is 0 Å². The summed E-state index contributed by atoms with van der Waals surface area (Å²) < 4.78 is 4.83. The Balaban J connectivity index is 2.29. The molecule has 0 spiro atoms. The minimum absolute atomic E-state index is 0.0312. The zero-order chi connectivity index (χ0) is 15.9. The Morgan fingerprint density at radius 2 is 1.67 bits per heavy atom. The van der Waals surface area contributed by atoms with Crippen molar-refractivity contribution < 1.29 is 19.1 Å². The summed E-state index contributed by atoms with van der Waals surface area (Å²) in [6.07, 6.45) is 0.0419. The summed E-state index contributed by atoms with van der Waals surface area (Å²) in [5, 5.41) is 2.68. The van der Waals surface area contributed by atoms with Crippen molar-refractivity contribution >= 4 is 17.7 Å². The van der Waals surface area contributed by atoms with E-state index in [4.69, 9.17) is 4.74 Å². The SMILES string of the molecule is CC(C)(C)NC(=O)COC(=O)CCC(=O)c1ccccc1. The zero-order valence-corrected chi connectivity index (χ0v) is 12.6. The lowest BCUT2D eigenvalue weighted by Gasteiger charge is -2.20. The van der Waals surface area contributed by atoms with Crippen molar-refractivity contribution in [2.24, 2.45) is 0 Å². The Bertz CT molecular complexity index is 503. The Morgan fingerprint density at radius 3 is 2.24 bits per heavy atom. The number of benzene rings is 1. The molecule has 0 saturated carbocycles. The van der Waals surface area contributed by atoms with Crippen LogP contribution in [-0.2, 0) is 14.3 Å². The number of hydrogen-bond donors (Lipinski definition) is 1. The third-order valence-electron chi connectivity index (χ3n) is 2.53. The summed E-state index contributed by atoms with van der Waals surface area (Å²) in [6, 6.07) is 8.75. The summed E-state index contributed by atoms with van der Waals surface area (Å²) in [7, 11) is 0. The van der Waals surface area contributed by atoms with Crippen molar-refractivity contribution in [2.75, 3.05) is 6.61 Å². The highest BCUT2D eigenvalue weighted by Crippen LogP contribution is 2.06. The van der Waals surface area contributed by atoms with Crippen LogP contribution in [0.25, 0.3) is 0 Å². The van der Waals surface area contributed by atoms with Gasteiger partial charge in [0.05, 0.1) is 6.42 Å². The second-order valence-corrected chi connectivity index (χ2v) is 5.75. The second-order valence-electron chi connectivity index (χ2n) is 5.75. The van der Waals surface area contributed by atoms with Gasteiger partial charge in [-0.2, -0.15) is 0 Å². The van der Waals surface area contributed by atoms with Gasteiger partial charge in [-0.3, -0.25) is 14.4 Å². The molecule has 0 saturated heterocycles. The number of hydrogen-bond acceptors (Lipinski definition) is 4. The molecule has 0 aromatic heterocycles. The molecule has 0 radical (unpaired) electrons. The lowest BCUT2D eigenvalue weighted by Crippen LogP contribution is -2.42. The molecule has 0 aliphatic carbocycles. The van der Waals surface area contributed by atoms with Crippen LogP contribution >= 0.6 is 0 Å². The second kappa shape index (κ2) is 7.57. The molecule has 0 unspecified atom stereocenters. The van der Waals surface area contributed by atoms with E-state index in [-0.39, 0.29) is 36.7 Å². The fraction of sp³-hybridized carbons (Fsp3) is 0.438. The number of ether oxygens (including phenoxy) is 1. The molecule has 1 N–H and O–H groups in total. The van der Waals surface area contributed by atoms with Gasteiger partial charge in [0.2, 0.25) is 0 Å². The van der Waals surface area contributed by atoms with Gasteiger partial charge in [-0.15, -0.1) is 0 Å². The van der Waals surface area contributed by atoms with E-state index in [9.17, 15) is 14.4 Å². The Kier molecular flexibility index (Phi) is 6.09. The third-order valence-corrected chi connectivity index (χ3v) is 2.53. The monoisotopic (exact) mass is 291 g/mol. The Hall–Kier alpha value is -2.17. The minimum Gasteiger partial charge on any atom is -0.456 e. The van der Waals surface area contributed by atoms with Gasteiger partial charge in [-0.05, 0) is 20.8 Å². The summed E-state index contributed by atoms with van der Waals surface area (Å²) in [4.78, 5) is 34.7. The standard InChI is InChI=1S/C16H21NO4/c1-16(2,3)17-14(19)11-21-15(20)10-9-13(18)12-7-5-4-6-8-12/h4-8H,9-11H2,1-3H3,(H,17,19). The number of ketones is 1. The molecule has 1 rings (SSSR count). The van der Waals surface area contributed by atoms with Gasteiger partial charge in [0.25, 0.3) is 5.91 Å². The molecule has 114 valence electrons. The van der Waals surface area contributed by atoms with E-state index in [1.165, 1.54) is 0 Å². The average Bonchev–Trinajstić information content (AvgIpc) is 2.41. The molecule has 5 heteroatoms. The number of nitrogens with one attached hydrogen (secondary N) is 1. The topological polar surface area (TPSA) is 72.5 Å². The molecule has 0 aliphatic rings. The third kappa shape index (κ3) is 7.25. The first-order valence-corrected chi connectivity index (χ1v) is 6.83. The molecule has 21 heavy (non-hydrogen) atoms. The van der Waals surface area contributed by atoms with E-state index >= 15 is 0 Å². The molecular formula is C16H21NO4. The zero-order valence-electron chi connectivity index (χ0n) is 12.6. The summed E-state index contributed by atoms with van der Waals surface area (Å²) in [5.74, 6) is -1.03. The molecule has 0 atom stereocenters. The number of esters is 1. The van der Waals surface area contributed by atoms with Crippen LogP contribution in [0.5, 0.6) is 0 Å².